The fraction of sp³-hybridized carbons (Fsp3) is 0.143. The quantitative estimate of drug-likeness (QED) is 0.651. The number of non-ortho nitro benzene ring substituents is 1. The Morgan fingerprint density at radius 1 is 1.36 bits per heavy atom. The minimum absolute atomic E-state index is 0.0860. The van der Waals surface area contributed by atoms with Gasteiger partial charge in [-0.3, -0.25) is 10.1 Å². The molecule has 0 fully saturated rings. The summed E-state index contributed by atoms with van der Waals surface area (Å²) in [4.78, 5) is 25.9. The molecule has 0 saturated heterocycles. The molecule has 8 nitrogen and oxygen atoms in total. The minimum atomic E-state index is -0.522. The predicted octanol–water partition coefficient (Wildman–Crippen LogP) is 2.32. The van der Waals surface area contributed by atoms with Crippen molar-refractivity contribution < 1.29 is 14.5 Å². The Balaban J connectivity index is 1.89. The van der Waals surface area contributed by atoms with Crippen LogP contribution < -0.4 is 15.4 Å². The fourth-order valence-electron chi connectivity index (χ4n) is 1.69. The van der Waals surface area contributed by atoms with Gasteiger partial charge in [0.05, 0.1) is 12.0 Å². The largest absolute Gasteiger partial charge is 0.481 e. The fourth-order valence-corrected chi connectivity index (χ4v) is 1.69. The summed E-state index contributed by atoms with van der Waals surface area (Å²) >= 11 is 0. The topological polar surface area (TPSA) is 106 Å². The van der Waals surface area contributed by atoms with Crippen LogP contribution in [0.1, 0.15) is 5.56 Å². The van der Waals surface area contributed by atoms with Crippen molar-refractivity contribution in [3.63, 3.8) is 0 Å². The molecular formula is C14H14N4O4. The Bertz CT molecular complexity index is 673. The molecule has 1 heterocycles. The van der Waals surface area contributed by atoms with E-state index in [1.165, 1.54) is 25.3 Å². The van der Waals surface area contributed by atoms with Gasteiger partial charge in [0.2, 0.25) is 5.88 Å². The van der Waals surface area contributed by atoms with Gasteiger partial charge in [-0.2, -0.15) is 0 Å². The van der Waals surface area contributed by atoms with E-state index in [0.717, 1.165) is 5.56 Å². The first-order valence-electron chi connectivity index (χ1n) is 6.36. The number of rotatable bonds is 5. The summed E-state index contributed by atoms with van der Waals surface area (Å²) in [6, 6.07) is 8.72. The molecule has 0 aliphatic carbocycles. The van der Waals surface area contributed by atoms with E-state index in [0.29, 0.717) is 11.6 Å². The zero-order valence-electron chi connectivity index (χ0n) is 11.8. The van der Waals surface area contributed by atoms with Crippen LogP contribution in [0.5, 0.6) is 5.88 Å². The third-order valence-corrected chi connectivity index (χ3v) is 2.77. The molecular weight excluding hydrogens is 288 g/mol. The molecule has 0 radical (unpaired) electrons. The van der Waals surface area contributed by atoms with Gasteiger partial charge < -0.3 is 15.4 Å². The van der Waals surface area contributed by atoms with Crippen LogP contribution in [0.2, 0.25) is 0 Å². The summed E-state index contributed by atoms with van der Waals surface area (Å²) in [7, 11) is 1.52. The van der Waals surface area contributed by atoms with Crippen molar-refractivity contribution in [3.8, 4) is 5.88 Å². The number of benzene rings is 1. The SMILES string of the molecule is COc1ccc(CNC(=O)Nc2cccc([N+](=O)[O-])c2)cn1. The van der Waals surface area contributed by atoms with Crippen molar-refractivity contribution in [3.05, 3.63) is 58.3 Å². The summed E-state index contributed by atoms with van der Waals surface area (Å²) in [5.74, 6) is 0.491. The molecule has 0 saturated carbocycles. The van der Waals surface area contributed by atoms with Crippen molar-refractivity contribution in [1.29, 1.82) is 0 Å². The second-order valence-corrected chi connectivity index (χ2v) is 4.32. The van der Waals surface area contributed by atoms with Crippen LogP contribution in [0.25, 0.3) is 0 Å². The molecule has 0 aliphatic heterocycles. The lowest BCUT2D eigenvalue weighted by molar-refractivity contribution is -0.384. The maximum atomic E-state index is 11.8. The van der Waals surface area contributed by atoms with Crippen molar-refractivity contribution in [1.82, 2.24) is 10.3 Å². The standard InChI is InChI=1S/C14H14N4O4/c1-22-13-6-5-10(8-15-13)9-16-14(19)17-11-3-2-4-12(7-11)18(20)21/h2-8H,9H2,1H3,(H2,16,17,19). The lowest BCUT2D eigenvalue weighted by Crippen LogP contribution is -2.28. The van der Waals surface area contributed by atoms with Crippen LogP contribution in [0.15, 0.2) is 42.6 Å². The van der Waals surface area contributed by atoms with Gasteiger partial charge in [-0.25, -0.2) is 9.78 Å². The molecule has 22 heavy (non-hydrogen) atoms. The number of urea groups is 1. The number of nitro groups is 1. The smallest absolute Gasteiger partial charge is 0.319 e. The Kier molecular flexibility index (Phi) is 4.86. The molecule has 114 valence electrons. The highest BCUT2D eigenvalue weighted by molar-refractivity contribution is 5.89. The summed E-state index contributed by atoms with van der Waals surface area (Å²) < 4.78 is 4.94. The first-order valence-corrected chi connectivity index (χ1v) is 6.36. The number of anilines is 1. The van der Waals surface area contributed by atoms with Gasteiger partial charge in [0, 0.05) is 36.6 Å². The Morgan fingerprint density at radius 2 is 2.18 bits per heavy atom. The van der Waals surface area contributed by atoms with E-state index in [1.807, 2.05) is 0 Å². The van der Waals surface area contributed by atoms with Gasteiger partial charge in [-0.15, -0.1) is 0 Å². The summed E-state index contributed by atoms with van der Waals surface area (Å²) in [6.45, 7) is 0.276. The number of aromatic nitrogens is 1. The summed E-state index contributed by atoms with van der Waals surface area (Å²) in [6.07, 6.45) is 1.59. The number of carbonyl (C=O) groups is 1. The molecule has 2 amide bonds. The molecule has 8 heteroatoms. The highest BCUT2D eigenvalue weighted by Crippen LogP contribution is 2.16. The van der Waals surface area contributed by atoms with Gasteiger partial charge >= 0.3 is 6.03 Å². The van der Waals surface area contributed by atoms with E-state index < -0.39 is 11.0 Å². The van der Waals surface area contributed by atoms with Gasteiger partial charge in [-0.1, -0.05) is 12.1 Å². The molecule has 0 spiro atoms. The molecule has 2 rings (SSSR count). The number of hydrogen-bond donors (Lipinski definition) is 2. The summed E-state index contributed by atoms with van der Waals surface area (Å²) in [5.41, 5.74) is 1.06. The van der Waals surface area contributed by atoms with E-state index >= 15 is 0 Å². The van der Waals surface area contributed by atoms with Crippen molar-refractivity contribution in [2.75, 3.05) is 12.4 Å². The molecule has 2 N–H and O–H groups in total. The van der Waals surface area contributed by atoms with Crippen LogP contribution in [-0.2, 0) is 6.54 Å². The number of nitro benzene ring substituents is 1. The number of pyridine rings is 1. The van der Waals surface area contributed by atoms with Gasteiger partial charge in [0.1, 0.15) is 0 Å². The van der Waals surface area contributed by atoms with Crippen molar-refractivity contribution in [2.45, 2.75) is 6.54 Å². The predicted molar refractivity (Wildman–Crippen MR) is 79.7 cm³/mol. The van der Waals surface area contributed by atoms with Crippen LogP contribution in [0.3, 0.4) is 0 Å². The van der Waals surface area contributed by atoms with Gasteiger partial charge in [-0.05, 0) is 11.6 Å². The van der Waals surface area contributed by atoms with Crippen LogP contribution >= 0.6 is 0 Å². The molecule has 0 bridgehead atoms. The molecule has 2 aromatic rings. The third-order valence-electron chi connectivity index (χ3n) is 2.77. The number of nitrogens with one attached hydrogen (secondary N) is 2. The Labute approximate surface area is 126 Å². The van der Waals surface area contributed by atoms with E-state index in [2.05, 4.69) is 15.6 Å². The highest BCUT2D eigenvalue weighted by Gasteiger charge is 2.08. The number of amides is 2. The number of nitrogens with zero attached hydrogens (tertiary/aromatic N) is 2. The number of ether oxygens (including phenoxy) is 1. The maximum absolute atomic E-state index is 11.8. The van der Waals surface area contributed by atoms with Crippen LogP contribution in [-0.4, -0.2) is 23.0 Å². The molecule has 1 aromatic carbocycles. The van der Waals surface area contributed by atoms with Crippen LogP contribution in [0.4, 0.5) is 16.2 Å². The molecule has 0 unspecified atom stereocenters. The van der Waals surface area contributed by atoms with E-state index in [4.69, 9.17) is 4.74 Å². The van der Waals surface area contributed by atoms with Crippen molar-refractivity contribution in [2.24, 2.45) is 0 Å². The lowest BCUT2D eigenvalue weighted by Gasteiger charge is -2.07. The second-order valence-electron chi connectivity index (χ2n) is 4.32. The van der Waals surface area contributed by atoms with E-state index in [9.17, 15) is 14.9 Å². The van der Waals surface area contributed by atoms with Crippen LogP contribution in [0, 0.1) is 10.1 Å². The minimum Gasteiger partial charge on any atom is -0.481 e. The molecule has 0 atom stereocenters. The normalized spacial score (nSPS) is 9.86. The van der Waals surface area contributed by atoms with E-state index in [-0.39, 0.29) is 12.2 Å². The number of methoxy groups -OCH3 is 1. The number of carbonyl (C=O) groups excluding carboxylic acids is 1. The first kappa shape index (κ1) is 15.2. The Hall–Kier alpha value is -3.16. The molecule has 1 aromatic heterocycles. The Morgan fingerprint density at radius 3 is 2.82 bits per heavy atom. The summed E-state index contributed by atoms with van der Waals surface area (Å²) in [5, 5.41) is 15.8. The monoisotopic (exact) mass is 302 g/mol. The number of hydrogen-bond acceptors (Lipinski definition) is 5. The highest BCUT2D eigenvalue weighted by atomic mass is 16.6. The average molecular weight is 302 g/mol. The molecule has 0 aliphatic rings. The lowest BCUT2D eigenvalue weighted by atomic mass is 10.3. The average Bonchev–Trinajstić information content (AvgIpc) is 2.53. The zero-order chi connectivity index (χ0) is 15.9. The van der Waals surface area contributed by atoms with Crippen molar-refractivity contribution >= 4 is 17.4 Å². The van der Waals surface area contributed by atoms with E-state index in [1.54, 1.807) is 24.4 Å². The zero-order valence-corrected chi connectivity index (χ0v) is 11.8. The second kappa shape index (κ2) is 7.02. The third kappa shape index (κ3) is 4.17. The maximum Gasteiger partial charge on any atom is 0.319 e. The first-order chi connectivity index (χ1) is 10.6. The van der Waals surface area contributed by atoms with Gasteiger partial charge in [0.25, 0.3) is 5.69 Å². The van der Waals surface area contributed by atoms with Gasteiger partial charge in [0.15, 0.2) is 0 Å².